The van der Waals surface area contributed by atoms with Crippen LogP contribution in [-0.4, -0.2) is 22.5 Å². The summed E-state index contributed by atoms with van der Waals surface area (Å²) in [7, 11) is 0. The second-order valence-electron chi connectivity index (χ2n) is 6.09. The van der Waals surface area contributed by atoms with Crippen molar-refractivity contribution in [1.82, 2.24) is 10.3 Å². The number of hydrogen-bond acceptors (Lipinski definition) is 5. The number of amides is 1. The predicted octanol–water partition coefficient (Wildman–Crippen LogP) is 3.35. The van der Waals surface area contributed by atoms with Crippen molar-refractivity contribution in [3.63, 3.8) is 0 Å². The molecule has 2 rings (SSSR count). The van der Waals surface area contributed by atoms with Gasteiger partial charge in [-0.3, -0.25) is 4.79 Å². The van der Waals surface area contributed by atoms with Crippen LogP contribution in [0.15, 0.2) is 16.8 Å². The molecule has 4 nitrogen and oxygen atoms in total. The summed E-state index contributed by atoms with van der Waals surface area (Å²) in [5.74, 6) is 0.348. The lowest BCUT2D eigenvalue weighted by Gasteiger charge is -2.22. The van der Waals surface area contributed by atoms with Crippen molar-refractivity contribution in [2.24, 2.45) is 5.92 Å². The maximum atomic E-state index is 12.3. The van der Waals surface area contributed by atoms with Crippen LogP contribution >= 0.6 is 22.7 Å². The molecule has 0 aromatic carbocycles. The van der Waals surface area contributed by atoms with Crippen LogP contribution in [0.1, 0.15) is 46.7 Å². The molecule has 0 saturated heterocycles. The van der Waals surface area contributed by atoms with Gasteiger partial charge in [-0.2, -0.15) is 11.3 Å². The van der Waals surface area contributed by atoms with Crippen molar-refractivity contribution in [1.29, 1.82) is 0 Å². The van der Waals surface area contributed by atoms with Gasteiger partial charge in [0.25, 0.3) is 5.91 Å². The molecule has 2 N–H and O–H groups in total. The standard InChI is InChI=1S/C16H22N2O2S2/c1-10(2)7-13-18-11(3)14(22-13)15(19)17-9-16(4,20)12-5-6-21-8-12/h5-6,8,10,20H,7,9H2,1-4H3,(H,17,19). The average molecular weight is 338 g/mol. The monoisotopic (exact) mass is 338 g/mol. The fraction of sp³-hybridized carbons (Fsp3) is 0.500. The number of aryl methyl sites for hydroxylation is 1. The van der Waals surface area contributed by atoms with Gasteiger partial charge in [0.05, 0.1) is 17.2 Å². The molecule has 1 unspecified atom stereocenters. The number of thiophene rings is 1. The smallest absolute Gasteiger partial charge is 0.263 e. The van der Waals surface area contributed by atoms with Crippen molar-refractivity contribution in [3.05, 3.63) is 38.0 Å². The van der Waals surface area contributed by atoms with Crippen LogP contribution in [0.2, 0.25) is 0 Å². The topological polar surface area (TPSA) is 62.2 Å². The molecule has 0 bridgehead atoms. The molecule has 0 aliphatic heterocycles. The molecule has 6 heteroatoms. The van der Waals surface area contributed by atoms with Crippen LogP contribution in [0, 0.1) is 12.8 Å². The van der Waals surface area contributed by atoms with E-state index in [9.17, 15) is 9.90 Å². The highest BCUT2D eigenvalue weighted by Gasteiger charge is 2.25. The Morgan fingerprint density at radius 3 is 2.82 bits per heavy atom. The molecule has 0 fully saturated rings. The number of carbonyl (C=O) groups is 1. The molecule has 2 heterocycles. The summed E-state index contributed by atoms with van der Waals surface area (Å²) in [5, 5.41) is 18.1. The van der Waals surface area contributed by atoms with Crippen LogP contribution < -0.4 is 5.32 Å². The third kappa shape index (κ3) is 4.15. The van der Waals surface area contributed by atoms with Crippen molar-refractivity contribution in [2.75, 3.05) is 6.54 Å². The Balaban J connectivity index is 2.02. The van der Waals surface area contributed by atoms with Crippen LogP contribution in [0.5, 0.6) is 0 Å². The molecular formula is C16H22N2O2S2. The van der Waals surface area contributed by atoms with E-state index in [-0.39, 0.29) is 12.5 Å². The van der Waals surface area contributed by atoms with E-state index < -0.39 is 5.60 Å². The number of carbonyl (C=O) groups excluding carboxylic acids is 1. The minimum Gasteiger partial charge on any atom is -0.384 e. The lowest BCUT2D eigenvalue weighted by molar-refractivity contribution is 0.0531. The van der Waals surface area contributed by atoms with Gasteiger partial charge in [-0.05, 0) is 42.2 Å². The summed E-state index contributed by atoms with van der Waals surface area (Å²) in [5.41, 5.74) is 0.516. The largest absolute Gasteiger partial charge is 0.384 e. The van der Waals surface area contributed by atoms with Crippen molar-refractivity contribution < 1.29 is 9.90 Å². The normalized spacial score (nSPS) is 14.1. The number of thiazole rings is 1. The maximum absolute atomic E-state index is 12.3. The van der Waals surface area contributed by atoms with Gasteiger partial charge in [-0.25, -0.2) is 4.98 Å². The zero-order valence-electron chi connectivity index (χ0n) is 13.3. The van der Waals surface area contributed by atoms with Gasteiger partial charge in [0.15, 0.2) is 0 Å². The molecule has 0 radical (unpaired) electrons. The molecule has 0 aliphatic rings. The van der Waals surface area contributed by atoms with Crippen molar-refractivity contribution in [3.8, 4) is 0 Å². The van der Waals surface area contributed by atoms with E-state index in [1.54, 1.807) is 6.92 Å². The molecule has 2 aromatic heterocycles. The van der Waals surface area contributed by atoms with E-state index in [4.69, 9.17) is 0 Å². The minimum absolute atomic E-state index is 0.166. The fourth-order valence-corrected chi connectivity index (χ4v) is 4.08. The lowest BCUT2D eigenvalue weighted by atomic mass is 9.99. The number of nitrogens with one attached hydrogen (secondary N) is 1. The summed E-state index contributed by atoms with van der Waals surface area (Å²) in [6, 6.07) is 1.87. The zero-order valence-corrected chi connectivity index (χ0v) is 15.0. The molecular weight excluding hydrogens is 316 g/mol. The Hall–Kier alpha value is -1.24. The molecule has 1 atom stereocenters. The Morgan fingerprint density at radius 1 is 1.50 bits per heavy atom. The quantitative estimate of drug-likeness (QED) is 0.849. The number of aliphatic hydroxyl groups is 1. The van der Waals surface area contributed by atoms with Gasteiger partial charge in [-0.15, -0.1) is 11.3 Å². The molecule has 2 aromatic rings. The molecule has 1 amide bonds. The first-order chi connectivity index (χ1) is 10.3. The highest BCUT2D eigenvalue weighted by molar-refractivity contribution is 7.13. The average Bonchev–Trinajstić information content (AvgIpc) is 3.05. The van der Waals surface area contributed by atoms with E-state index in [2.05, 4.69) is 24.1 Å². The van der Waals surface area contributed by atoms with Crippen LogP contribution in [0.3, 0.4) is 0 Å². The first kappa shape index (κ1) is 17.1. The van der Waals surface area contributed by atoms with Crippen LogP contribution in [0.4, 0.5) is 0 Å². The first-order valence-corrected chi connectivity index (χ1v) is 9.05. The lowest BCUT2D eigenvalue weighted by Crippen LogP contribution is -2.38. The van der Waals surface area contributed by atoms with Crippen molar-refractivity contribution >= 4 is 28.6 Å². The molecule has 0 saturated carbocycles. The Kier molecular flexibility index (Phi) is 5.36. The third-order valence-electron chi connectivity index (χ3n) is 3.37. The first-order valence-electron chi connectivity index (χ1n) is 7.29. The van der Waals surface area contributed by atoms with Crippen LogP contribution in [0.25, 0.3) is 0 Å². The van der Waals surface area contributed by atoms with Crippen LogP contribution in [-0.2, 0) is 12.0 Å². The van der Waals surface area contributed by atoms with Gasteiger partial charge in [-0.1, -0.05) is 13.8 Å². The Labute approximate surface area is 139 Å². The summed E-state index contributed by atoms with van der Waals surface area (Å²) >= 11 is 2.97. The summed E-state index contributed by atoms with van der Waals surface area (Å²) in [6.07, 6.45) is 0.880. The van der Waals surface area contributed by atoms with Gasteiger partial charge in [0.2, 0.25) is 0 Å². The minimum atomic E-state index is -1.06. The van der Waals surface area contributed by atoms with E-state index in [0.717, 1.165) is 22.7 Å². The Bertz CT molecular complexity index is 631. The maximum Gasteiger partial charge on any atom is 0.263 e. The summed E-state index contributed by atoms with van der Waals surface area (Å²) in [6.45, 7) is 8.01. The second kappa shape index (κ2) is 6.89. The number of hydrogen-bond donors (Lipinski definition) is 2. The predicted molar refractivity (Wildman–Crippen MR) is 91.6 cm³/mol. The molecule has 120 valence electrons. The number of rotatable bonds is 6. The van der Waals surface area contributed by atoms with E-state index >= 15 is 0 Å². The molecule has 0 aliphatic carbocycles. The van der Waals surface area contributed by atoms with E-state index in [1.807, 2.05) is 23.8 Å². The number of nitrogens with zero attached hydrogens (tertiary/aromatic N) is 1. The molecule has 0 spiro atoms. The van der Waals surface area contributed by atoms with Crippen molar-refractivity contribution in [2.45, 2.75) is 39.7 Å². The fourth-order valence-electron chi connectivity index (χ4n) is 2.11. The summed E-state index contributed by atoms with van der Waals surface area (Å²) < 4.78 is 0. The highest BCUT2D eigenvalue weighted by Crippen LogP contribution is 2.23. The number of aromatic nitrogens is 1. The molecule has 22 heavy (non-hydrogen) atoms. The second-order valence-corrected chi connectivity index (χ2v) is 7.95. The third-order valence-corrected chi connectivity index (χ3v) is 5.23. The summed E-state index contributed by atoms with van der Waals surface area (Å²) in [4.78, 5) is 17.4. The van der Waals surface area contributed by atoms with E-state index in [1.165, 1.54) is 22.7 Å². The highest BCUT2D eigenvalue weighted by atomic mass is 32.1. The van der Waals surface area contributed by atoms with Gasteiger partial charge < -0.3 is 10.4 Å². The van der Waals surface area contributed by atoms with E-state index in [0.29, 0.717) is 10.8 Å². The van der Waals surface area contributed by atoms with Gasteiger partial charge in [0.1, 0.15) is 10.5 Å². The zero-order chi connectivity index (χ0) is 16.3. The SMILES string of the molecule is Cc1nc(CC(C)C)sc1C(=O)NCC(C)(O)c1ccsc1. The van der Waals surface area contributed by atoms with Gasteiger partial charge in [0, 0.05) is 6.42 Å². The van der Waals surface area contributed by atoms with Gasteiger partial charge >= 0.3 is 0 Å². The Morgan fingerprint density at radius 2 is 2.23 bits per heavy atom.